The molecule has 3 heterocycles. The quantitative estimate of drug-likeness (QED) is 0.307. The zero-order valence-electron chi connectivity index (χ0n) is 19.8. The van der Waals surface area contributed by atoms with Crippen LogP contribution < -0.4 is 9.47 Å². The van der Waals surface area contributed by atoms with E-state index in [2.05, 4.69) is 22.0 Å². The Balaban J connectivity index is 1.23. The largest absolute Gasteiger partial charge is 0.490 e. The normalized spacial score (nSPS) is 15.9. The Bertz CT molecular complexity index is 1440. The second kappa shape index (κ2) is 11.0. The number of hydrogen-bond acceptors (Lipinski definition) is 7. The Morgan fingerprint density at radius 1 is 1.11 bits per heavy atom. The average Bonchev–Trinajstić information content (AvgIpc) is 3.35. The van der Waals surface area contributed by atoms with E-state index >= 15 is 0 Å². The molecule has 0 saturated carbocycles. The molecule has 0 radical (unpaired) electrons. The van der Waals surface area contributed by atoms with E-state index in [0.29, 0.717) is 39.8 Å². The van der Waals surface area contributed by atoms with Gasteiger partial charge in [0, 0.05) is 18.0 Å². The third-order valence-corrected chi connectivity index (χ3v) is 6.82. The minimum absolute atomic E-state index is 0.0537. The average molecular weight is 532 g/mol. The van der Waals surface area contributed by atoms with Gasteiger partial charge in [0.15, 0.2) is 5.84 Å². The van der Waals surface area contributed by atoms with Crippen molar-refractivity contribution in [1.29, 1.82) is 5.41 Å². The third kappa shape index (κ3) is 5.58. The Labute approximate surface area is 223 Å². The van der Waals surface area contributed by atoms with Crippen LogP contribution in [0.25, 0.3) is 6.08 Å². The highest BCUT2D eigenvalue weighted by molar-refractivity contribution is 8.27. The summed E-state index contributed by atoms with van der Waals surface area (Å²) in [5.74, 6) is 0.724. The van der Waals surface area contributed by atoms with Crippen LogP contribution in [0.15, 0.2) is 82.7 Å². The Hall–Kier alpha value is -3.95. The molecular weight excluding hydrogens is 510 g/mol. The summed E-state index contributed by atoms with van der Waals surface area (Å²) < 4.78 is 11.5. The van der Waals surface area contributed by atoms with Crippen LogP contribution in [0.1, 0.15) is 23.6 Å². The summed E-state index contributed by atoms with van der Waals surface area (Å²) in [5.41, 5.74) is 2.80. The third-order valence-electron chi connectivity index (χ3n) is 5.57. The van der Waals surface area contributed by atoms with Crippen molar-refractivity contribution in [3.63, 3.8) is 0 Å². The summed E-state index contributed by atoms with van der Waals surface area (Å²) in [6.45, 7) is 2.80. The standard InChI is InChI=1S/C27H22ClN5O3S/c1-2-17-5-8-20(9-6-17)35-12-13-36-23-10-7-18(15-22(23)28)14-21-24(29)33-27(31-25(21)34)37-26(32-33)19-4-3-11-30-16-19/h3-11,14-16,29H,2,12-13H2,1H3. The number of halogens is 1. The van der Waals surface area contributed by atoms with E-state index in [-0.39, 0.29) is 11.4 Å². The molecule has 2 aliphatic rings. The van der Waals surface area contributed by atoms with Gasteiger partial charge in [0.05, 0.1) is 10.6 Å². The Kier molecular flexibility index (Phi) is 7.34. The molecule has 1 aromatic heterocycles. The van der Waals surface area contributed by atoms with E-state index in [9.17, 15) is 4.79 Å². The molecule has 0 bridgehead atoms. The number of aryl methyl sites for hydroxylation is 1. The van der Waals surface area contributed by atoms with Gasteiger partial charge in [-0.05, 0) is 71.8 Å². The first kappa shape index (κ1) is 24.7. The van der Waals surface area contributed by atoms with Gasteiger partial charge in [0.2, 0.25) is 5.17 Å². The van der Waals surface area contributed by atoms with Gasteiger partial charge < -0.3 is 9.47 Å². The van der Waals surface area contributed by atoms with Crippen molar-refractivity contribution < 1.29 is 14.3 Å². The molecular formula is C27H22ClN5O3S. The molecule has 10 heteroatoms. The molecule has 5 rings (SSSR count). The van der Waals surface area contributed by atoms with E-state index in [1.807, 2.05) is 30.3 Å². The van der Waals surface area contributed by atoms with E-state index < -0.39 is 5.91 Å². The van der Waals surface area contributed by atoms with Crippen molar-refractivity contribution in [1.82, 2.24) is 9.99 Å². The first-order valence-electron chi connectivity index (χ1n) is 11.6. The lowest BCUT2D eigenvalue weighted by molar-refractivity contribution is -0.114. The van der Waals surface area contributed by atoms with E-state index in [0.717, 1.165) is 17.7 Å². The van der Waals surface area contributed by atoms with Gasteiger partial charge >= 0.3 is 0 Å². The number of fused-ring (bicyclic) bond motifs is 1. The van der Waals surface area contributed by atoms with Crippen molar-refractivity contribution in [3.8, 4) is 11.5 Å². The molecule has 1 N–H and O–H groups in total. The fourth-order valence-corrected chi connectivity index (χ4v) is 4.75. The summed E-state index contributed by atoms with van der Waals surface area (Å²) in [7, 11) is 0. The number of ether oxygens (including phenoxy) is 2. The molecule has 0 fully saturated rings. The summed E-state index contributed by atoms with van der Waals surface area (Å²) in [6, 6.07) is 16.8. The Morgan fingerprint density at radius 3 is 2.65 bits per heavy atom. The van der Waals surface area contributed by atoms with E-state index in [1.165, 1.54) is 22.3 Å². The lowest BCUT2D eigenvalue weighted by Crippen LogP contribution is -2.35. The summed E-state index contributed by atoms with van der Waals surface area (Å²) in [6.07, 6.45) is 5.90. The van der Waals surface area contributed by atoms with E-state index in [4.69, 9.17) is 26.5 Å². The van der Waals surface area contributed by atoms with Crippen LogP contribution in [0.4, 0.5) is 0 Å². The number of aliphatic imine (C=N–C) groups is 1. The molecule has 37 heavy (non-hydrogen) atoms. The highest BCUT2D eigenvalue weighted by Crippen LogP contribution is 2.32. The lowest BCUT2D eigenvalue weighted by atomic mass is 10.1. The SMILES string of the molecule is CCc1ccc(OCCOc2ccc(C=C3C(=N)N4N=C(c5cccnc5)SC4=NC3=O)cc2Cl)cc1. The van der Waals surface area contributed by atoms with Gasteiger partial charge in [-0.15, -0.1) is 0 Å². The predicted molar refractivity (Wildman–Crippen MR) is 147 cm³/mol. The number of carbonyl (C=O) groups is 1. The topological polar surface area (TPSA) is 100 Å². The highest BCUT2D eigenvalue weighted by Gasteiger charge is 2.36. The van der Waals surface area contributed by atoms with Crippen LogP contribution in [-0.4, -0.2) is 45.2 Å². The molecule has 3 aromatic rings. The highest BCUT2D eigenvalue weighted by atomic mass is 35.5. The number of aromatic nitrogens is 1. The number of nitrogens with one attached hydrogen (secondary N) is 1. The molecule has 0 unspecified atom stereocenters. The first-order chi connectivity index (χ1) is 18.0. The summed E-state index contributed by atoms with van der Waals surface area (Å²) >= 11 is 7.65. The van der Waals surface area contributed by atoms with E-state index in [1.54, 1.807) is 42.7 Å². The van der Waals surface area contributed by atoms with Crippen molar-refractivity contribution in [2.75, 3.05) is 13.2 Å². The second-order valence-electron chi connectivity index (χ2n) is 8.05. The lowest BCUT2D eigenvalue weighted by Gasteiger charge is -2.20. The second-order valence-corrected chi connectivity index (χ2v) is 9.41. The number of thioether (sulfide) groups is 1. The number of benzene rings is 2. The monoisotopic (exact) mass is 531 g/mol. The number of amidine groups is 2. The number of nitrogens with zero attached hydrogens (tertiary/aromatic N) is 4. The smallest absolute Gasteiger partial charge is 0.283 e. The van der Waals surface area contributed by atoms with Gasteiger partial charge in [-0.3, -0.25) is 15.2 Å². The summed E-state index contributed by atoms with van der Waals surface area (Å²) in [5, 5.41) is 15.7. The van der Waals surface area contributed by atoms with Crippen LogP contribution in [0.3, 0.4) is 0 Å². The number of rotatable bonds is 8. The van der Waals surface area contributed by atoms with Crippen LogP contribution in [0.2, 0.25) is 5.02 Å². The predicted octanol–water partition coefficient (Wildman–Crippen LogP) is 5.42. The molecule has 8 nitrogen and oxygen atoms in total. The maximum absolute atomic E-state index is 12.7. The maximum Gasteiger partial charge on any atom is 0.283 e. The number of amides is 1. The molecule has 2 aromatic carbocycles. The van der Waals surface area contributed by atoms with Crippen LogP contribution >= 0.6 is 23.4 Å². The van der Waals surface area contributed by atoms with Gasteiger partial charge in [-0.25, -0.2) is 0 Å². The van der Waals surface area contributed by atoms with Crippen LogP contribution in [0.5, 0.6) is 11.5 Å². The fourth-order valence-electron chi connectivity index (χ4n) is 3.62. The van der Waals surface area contributed by atoms with Crippen LogP contribution in [-0.2, 0) is 11.2 Å². The molecule has 0 aliphatic carbocycles. The number of hydrogen-bond donors (Lipinski definition) is 1. The minimum Gasteiger partial charge on any atom is -0.490 e. The molecule has 1 amide bonds. The number of carbonyl (C=O) groups excluding carboxylic acids is 1. The van der Waals surface area contributed by atoms with Crippen LogP contribution in [0, 0.1) is 5.41 Å². The minimum atomic E-state index is -0.507. The number of hydrazone groups is 1. The zero-order chi connectivity index (χ0) is 25.8. The van der Waals surface area contributed by atoms with Crippen molar-refractivity contribution in [3.05, 3.63) is 94.3 Å². The maximum atomic E-state index is 12.7. The van der Waals surface area contributed by atoms with Crippen molar-refractivity contribution in [2.45, 2.75) is 13.3 Å². The van der Waals surface area contributed by atoms with Crippen molar-refractivity contribution >= 4 is 51.4 Å². The van der Waals surface area contributed by atoms with Gasteiger partial charge in [0.25, 0.3) is 5.91 Å². The molecule has 186 valence electrons. The molecule has 0 spiro atoms. The van der Waals surface area contributed by atoms with Gasteiger partial charge in [-0.2, -0.15) is 15.1 Å². The Morgan fingerprint density at radius 2 is 1.92 bits per heavy atom. The number of pyridine rings is 1. The van der Waals surface area contributed by atoms with Gasteiger partial charge in [0.1, 0.15) is 29.8 Å². The van der Waals surface area contributed by atoms with Crippen molar-refractivity contribution in [2.24, 2.45) is 10.1 Å². The van der Waals surface area contributed by atoms with Gasteiger partial charge in [-0.1, -0.05) is 36.7 Å². The first-order valence-corrected chi connectivity index (χ1v) is 12.8. The summed E-state index contributed by atoms with van der Waals surface area (Å²) in [4.78, 5) is 20.9. The molecule has 0 saturated heterocycles. The zero-order valence-corrected chi connectivity index (χ0v) is 21.4. The molecule has 2 aliphatic heterocycles. The molecule has 0 atom stereocenters. The fraction of sp³-hybridized carbons (Fsp3) is 0.148.